The van der Waals surface area contributed by atoms with E-state index in [4.69, 9.17) is 0 Å². The average molecular weight is 463 g/mol. The molecular weight excluding hydrogens is 436 g/mol. The highest BCUT2D eigenvalue weighted by molar-refractivity contribution is 5.99. The maximum Gasteiger partial charge on any atom is 0.336 e. The number of nitrogens with zero attached hydrogens (tertiary/aromatic N) is 3. The number of nitrogens with one attached hydrogen (secondary N) is 1. The summed E-state index contributed by atoms with van der Waals surface area (Å²) in [5, 5.41) is 12.0. The van der Waals surface area contributed by atoms with Crippen LogP contribution in [0.3, 0.4) is 0 Å². The van der Waals surface area contributed by atoms with Crippen LogP contribution in [0.25, 0.3) is 33.1 Å². The minimum Gasteiger partial charge on any atom is -0.478 e. The first-order valence-corrected chi connectivity index (χ1v) is 11.5. The first-order chi connectivity index (χ1) is 17.0. The number of benzene rings is 2. The molecule has 0 aliphatic rings. The van der Waals surface area contributed by atoms with Crippen LogP contribution in [0.4, 0.5) is 0 Å². The number of carboxylic acid groups (broad SMARTS) is 1. The number of rotatable bonds is 6. The molecule has 174 valence electrons. The van der Waals surface area contributed by atoms with E-state index < -0.39 is 5.97 Å². The van der Waals surface area contributed by atoms with Crippen molar-refractivity contribution in [3.05, 3.63) is 89.9 Å². The molecular formula is C29H26N4O2. The fraction of sp³-hybridized carbons (Fsp3) is 0.172. The zero-order valence-corrected chi connectivity index (χ0v) is 19.7. The van der Waals surface area contributed by atoms with Gasteiger partial charge in [0.15, 0.2) is 0 Å². The van der Waals surface area contributed by atoms with Gasteiger partial charge in [-0.2, -0.15) is 0 Å². The molecule has 0 saturated heterocycles. The highest BCUT2D eigenvalue weighted by Gasteiger charge is 2.15. The Hall–Kier alpha value is -4.34. The van der Waals surface area contributed by atoms with Crippen molar-refractivity contribution >= 4 is 27.9 Å². The number of hydrogen-bond acceptors (Lipinski definition) is 3. The molecule has 0 unspecified atom stereocenters. The maximum absolute atomic E-state index is 12.0. The summed E-state index contributed by atoms with van der Waals surface area (Å²) in [6.07, 6.45) is 6.77. The summed E-state index contributed by atoms with van der Waals surface area (Å²) < 4.78 is 2.17. The van der Waals surface area contributed by atoms with Crippen LogP contribution in [0.1, 0.15) is 27.9 Å². The van der Waals surface area contributed by atoms with E-state index in [2.05, 4.69) is 57.6 Å². The first kappa shape index (κ1) is 22.5. The van der Waals surface area contributed by atoms with Gasteiger partial charge in [-0.05, 0) is 74.4 Å². The molecule has 3 heterocycles. The van der Waals surface area contributed by atoms with Gasteiger partial charge in [0, 0.05) is 52.7 Å². The van der Waals surface area contributed by atoms with E-state index in [1.54, 1.807) is 18.3 Å². The molecule has 0 saturated carbocycles. The van der Waals surface area contributed by atoms with Crippen LogP contribution in [0.15, 0.2) is 73.2 Å². The SMILES string of the molecule is CN(C)CCCn1ccc2cc(C#Cc3cccc(C(=O)O)c3-c3ccc4cc[nH]c4c3)cnc21. The van der Waals surface area contributed by atoms with Gasteiger partial charge < -0.3 is 19.6 Å². The van der Waals surface area contributed by atoms with Crippen molar-refractivity contribution < 1.29 is 9.90 Å². The summed E-state index contributed by atoms with van der Waals surface area (Å²) in [6, 6.07) is 17.2. The number of aromatic amines is 1. The number of hydrogen-bond donors (Lipinski definition) is 2. The second-order valence-electron chi connectivity index (χ2n) is 8.87. The zero-order chi connectivity index (χ0) is 24.4. The van der Waals surface area contributed by atoms with Crippen molar-refractivity contribution in [1.82, 2.24) is 19.4 Å². The molecule has 3 aromatic heterocycles. The maximum atomic E-state index is 12.0. The number of aromatic carboxylic acids is 1. The van der Waals surface area contributed by atoms with Gasteiger partial charge in [0.1, 0.15) is 5.65 Å². The second kappa shape index (κ2) is 9.49. The van der Waals surface area contributed by atoms with Gasteiger partial charge in [-0.15, -0.1) is 0 Å². The molecule has 2 aromatic carbocycles. The quantitative estimate of drug-likeness (QED) is 0.339. The van der Waals surface area contributed by atoms with Crippen LogP contribution in [-0.4, -0.2) is 51.2 Å². The third-order valence-corrected chi connectivity index (χ3v) is 6.09. The first-order valence-electron chi connectivity index (χ1n) is 11.5. The Morgan fingerprint density at radius 1 is 1.09 bits per heavy atom. The van der Waals surface area contributed by atoms with Gasteiger partial charge in [-0.1, -0.05) is 30.0 Å². The molecule has 0 aliphatic carbocycles. The minimum atomic E-state index is -0.978. The van der Waals surface area contributed by atoms with Gasteiger partial charge in [0.2, 0.25) is 0 Å². The van der Waals surface area contributed by atoms with Gasteiger partial charge >= 0.3 is 5.97 Å². The number of pyridine rings is 1. The Labute approximate surface area is 203 Å². The van der Waals surface area contributed by atoms with E-state index >= 15 is 0 Å². The highest BCUT2D eigenvalue weighted by atomic mass is 16.4. The molecule has 5 aromatic rings. The van der Waals surface area contributed by atoms with Gasteiger partial charge in [0.25, 0.3) is 0 Å². The Kier molecular flexibility index (Phi) is 6.09. The van der Waals surface area contributed by atoms with Crippen molar-refractivity contribution in [1.29, 1.82) is 0 Å². The van der Waals surface area contributed by atoms with Crippen molar-refractivity contribution in [2.75, 3.05) is 20.6 Å². The number of carbonyl (C=O) groups is 1. The molecule has 5 rings (SSSR count). The second-order valence-corrected chi connectivity index (χ2v) is 8.87. The Balaban J connectivity index is 1.50. The normalized spacial score (nSPS) is 11.2. The molecule has 0 aliphatic heterocycles. The van der Waals surface area contributed by atoms with Gasteiger partial charge in [-0.25, -0.2) is 9.78 Å². The van der Waals surface area contributed by atoms with E-state index in [0.29, 0.717) is 11.1 Å². The predicted octanol–water partition coefficient (Wildman–Crippen LogP) is 5.23. The standard InChI is InChI=1S/C29H26N4O2/c1-32(2)14-4-15-33-16-12-24-17-20(19-31-28(24)33)7-8-22-5-3-6-25(29(34)35)27(22)23-10-9-21-11-13-30-26(21)18-23/h3,5-6,9-13,16-19,30H,4,14-15H2,1-2H3,(H,34,35). The third-order valence-electron chi connectivity index (χ3n) is 6.09. The fourth-order valence-electron chi connectivity index (χ4n) is 4.37. The average Bonchev–Trinajstić information content (AvgIpc) is 3.48. The highest BCUT2D eigenvalue weighted by Crippen LogP contribution is 2.30. The summed E-state index contributed by atoms with van der Waals surface area (Å²) in [6.45, 7) is 1.94. The van der Waals surface area contributed by atoms with E-state index in [9.17, 15) is 9.90 Å². The molecule has 35 heavy (non-hydrogen) atoms. The smallest absolute Gasteiger partial charge is 0.336 e. The van der Waals surface area contributed by atoms with E-state index in [0.717, 1.165) is 52.6 Å². The summed E-state index contributed by atoms with van der Waals surface area (Å²) in [7, 11) is 4.15. The van der Waals surface area contributed by atoms with E-state index in [1.165, 1.54) is 0 Å². The predicted molar refractivity (Wildman–Crippen MR) is 140 cm³/mol. The topological polar surface area (TPSA) is 74.2 Å². The molecule has 0 bridgehead atoms. The van der Waals surface area contributed by atoms with Gasteiger partial charge in [-0.3, -0.25) is 0 Å². The van der Waals surface area contributed by atoms with Crippen LogP contribution in [0.5, 0.6) is 0 Å². The lowest BCUT2D eigenvalue weighted by Gasteiger charge is -2.10. The molecule has 0 atom stereocenters. The number of H-pyrrole nitrogens is 1. The lowest BCUT2D eigenvalue weighted by atomic mass is 9.93. The minimum absolute atomic E-state index is 0.228. The van der Waals surface area contributed by atoms with Crippen LogP contribution in [-0.2, 0) is 6.54 Å². The number of aryl methyl sites for hydroxylation is 1. The molecule has 2 N–H and O–H groups in total. The molecule has 0 radical (unpaired) electrons. The molecule has 6 heteroatoms. The van der Waals surface area contributed by atoms with Crippen LogP contribution < -0.4 is 0 Å². The summed E-state index contributed by atoms with van der Waals surface area (Å²) in [5.74, 6) is 5.43. The van der Waals surface area contributed by atoms with Crippen LogP contribution >= 0.6 is 0 Å². The fourth-order valence-corrected chi connectivity index (χ4v) is 4.37. The monoisotopic (exact) mass is 462 g/mol. The molecule has 6 nitrogen and oxygen atoms in total. The van der Waals surface area contributed by atoms with Crippen molar-refractivity contribution in [3.8, 4) is 23.0 Å². The zero-order valence-electron chi connectivity index (χ0n) is 19.7. The molecule has 0 amide bonds. The Bertz CT molecular complexity index is 1600. The van der Waals surface area contributed by atoms with Crippen LogP contribution in [0.2, 0.25) is 0 Å². The lowest BCUT2D eigenvalue weighted by molar-refractivity contribution is 0.0697. The molecule has 0 spiro atoms. The van der Waals surface area contributed by atoms with Crippen molar-refractivity contribution in [3.63, 3.8) is 0 Å². The lowest BCUT2D eigenvalue weighted by Crippen LogP contribution is -2.14. The Morgan fingerprint density at radius 2 is 1.97 bits per heavy atom. The number of fused-ring (bicyclic) bond motifs is 2. The van der Waals surface area contributed by atoms with Gasteiger partial charge in [0.05, 0.1) is 5.56 Å². The van der Waals surface area contributed by atoms with Crippen molar-refractivity contribution in [2.24, 2.45) is 0 Å². The number of carboxylic acids is 1. The Morgan fingerprint density at radius 3 is 2.80 bits per heavy atom. The number of aromatic nitrogens is 3. The summed E-state index contributed by atoms with van der Waals surface area (Å²) >= 11 is 0. The summed E-state index contributed by atoms with van der Waals surface area (Å²) in [5.41, 5.74) is 5.00. The van der Waals surface area contributed by atoms with Crippen molar-refractivity contribution in [2.45, 2.75) is 13.0 Å². The van der Waals surface area contributed by atoms with E-state index in [-0.39, 0.29) is 5.56 Å². The summed E-state index contributed by atoms with van der Waals surface area (Å²) in [4.78, 5) is 22.1. The van der Waals surface area contributed by atoms with Crippen LogP contribution in [0, 0.1) is 11.8 Å². The largest absolute Gasteiger partial charge is 0.478 e. The molecule has 0 fully saturated rings. The third kappa shape index (κ3) is 4.68. The van der Waals surface area contributed by atoms with E-state index in [1.807, 2.05) is 42.6 Å².